The number of benzene rings is 1. The van der Waals surface area contributed by atoms with Crippen molar-refractivity contribution in [3.63, 3.8) is 0 Å². The van der Waals surface area contributed by atoms with Crippen LogP contribution in [0, 0.1) is 0 Å². The second kappa shape index (κ2) is 7.89. The van der Waals surface area contributed by atoms with Crippen LogP contribution in [0.25, 0.3) is 0 Å². The number of ether oxygens (including phenoxy) is 1. The first kappa shape index (κ1) is 18.4. The van der Waals surface area contributed by atoms with Crippen LogP contribution in [0.15, 0.2) is 22.7 Å². The Bertz CT molecular complexity index is 834. The molecule has 0 saturated heterocycles. The van der Waals surface area contributed by atoms with Crippen molar-refractivity contribution in [2.24, 2.45) is 0 Å². The number of nitrogens with one attached hydrogen (secondary N) is 1. The van der Waals surface area contributed by atoms with Crippen LogP contribution in [0.5, 0.6) is 0 Å². The fourth-order valence-electron chi connectivity index (χ4n) is 2.92. The molecule has 7 heteroatoms. The van der Waals surface area contributed by atoms with E-state index in [9.17, 15) is 9.59 Å². The van der Waals surface area contributed by atoms with E-state index in [1.807, 2.05) is 0 Å². The molecule has 1 amide bonds. The van der Waals surface area contributed by atoms with Gasteiger partial charge in [0.15, 0.2) is 0 Å². The highest BCUT2D eigenvalue weighted by Crippen LogP contribution is 2.39. The number of hydrogen-bond acceptors (Lipinski definition) is 4. The lowest BCUT2D eigenvalue weighted by molar-refractivity contribution is 0.0526. The summed E-state index contributed by atoms with van der Waals surface area (Å²) < 4.78 is 5.97. The summed E-state index contributed by atoms with van der Waals surface area (Å²) in [6, 6.07) is 5.09. The highest BCUT2D eigenvalue weighted by atomic mass is 79.9. The molecule has 0 bridgehead atoms. The maximum atomic E-state index is 12.7. The molecule has 0 fully saturated rings. The number of fused-ring (bicyclic) bond motifs is 1. The third-order valence-electron chi connectivity index (χ3n) is 4.05. The van der Waals surface area contributed by atoms with Crippen LogP contribution in [0.3, 0.4) is 0 Å². The SMILES string of the molecule is CCOC(=O)c1c(NC(=O)c2cc(Br)ccc2Cl)sc2c1CCCC2. The number of thiophene rings is 1. The van der Waals surface area contributed by atoms with E-state index in [1.165, 1.54) is 11.3 Å². The topological polar surface area (TPSA) is 55.4 Å². The quantitative estimate of drug-likeness (QED) is 0.639. The Hall–Kier alpha value is -1.37. The maximum Gasteiger partial charge on any atom is 0.341 e. The van der Waals surface area contributed by atoms with E-state index in [0.717, 1.165) is 40.6 Å². The van der Waals surface area contributed by atoms with Gasteiger partial charge in [-0.2, -0.15) is 0 Å². The van der Waals surface area contributed by atoms with Crippen molar-refractivity contribution in [2.45, 2.75) is 32.6 Å². The van der Waals surface area contributed by atoms with Gasteiger partial charge < -0.3 is 10.1 Å². The number of rotatable bonds is 4. The number of aryl methyl sites for hydroxylation is 1. The third-order valence-corrected chi connectivity index (χ3v) is 6.08. The second-order valence-electron chi connectivity index (χ2n) is 5.71. The Morgan fingerprint density at radius 3 is 2.84 bits per heavy atom. The van der Waals surface area contributed by atoms with Gasteiger partial charge in [0.05, 0.1) is 22.8 Å². The number of hydrogen-bond donors (Lipinski definition) is 1. The summed E-state index contributed by atoms with van der Waals surface area (Å²) in [5.41, 5.74) is 1.88. The molecule has 2 aromatic rings. The largest absolute Gasteiger partial charge is 0.462 e. The van der Waals surface area contributed by atoms with Crippen LogP contribution in [-0.4, -0.2) is 18.5 Å². The smallest absolute Gasteiger partial charge is 0.341 e. The molecule has 0 unspecified atom stereocenters. The molecule has 0 saturated carbocycles. The summed E-state index contributed by atoms with van der Waals surface area (Å²) in [7, 11) is 0. The average Bonchev–Trinajstić information content (AvgIpc) is 2.95. The van der Waals surface area contributed by atoms with Gasteiger partial charge in [0.2, 0.25) is 0 Å². The lowest BCUT2D eigenvalue weighted by Crippen LogP contribution is -2.16. The molecule has 1 aromatic carbocycles. The lowest BCUT2D eigenvalue weighted by Gasteiger charge is -2.12. The van der Waals surface area contributed by atoms with Crippen molar-refractivity contribution in [2.75, 3.05) is 11.9 Å². The molecule has 4 nitrogen and oxygen atoms in total. The summed E-state index contributed by atoms with van der Waals surface area (Å²) in [6.45, 7) is 2.07. The van der Waals surface area contributed by atoms with Gasteiger partial charge in [0, 0.05) is 9.35 Å². The Morgan fingerprint density at radius 1 is 1.32 bits per heavy atom. The van der Waals surface area contributed by atoms with Crippen molar-refractivity contribution >= 4 is 55.7 Å². The number of halogens is 2. The Balaban J connectivity index is 1.96. The van der Waals surface area contributed by atoms with Gasteiger partial charge in [-0.05, 0) is 56.4 Å². The standard InChI is InChI=1S/C18H17BrClNO3S/c1-2-24-18(23)15-11-5-3-4-6-14(11)25-17(15)21-16(22)12-9-10(19)7-8-13(12)20/h7-9H,2-6H2,1H3,(H,21,22). The summed E-state index contributed by atoms with van der Waals surface area (Å²) in [5, 5.41) is 3.77. The summed E-state index contributed by atoms with van der Waals surface area (Å²) in [4.78, 5) is 26.3. The van der Waals surface area contributed by atoms with E-state index < -0.39 is 0 Å². The second-order valence-corrected chi connectivity index (χ2v) is 8.14. The van der Waals surface area contributed by atoms with Crippen LogP contribution in [0.2, 0.25) is 5.02 Å². The third kappa shape index (κ3) is 3.91. The minimum Gasteiger partial charge on any atom is -0.462 e. The normalized spacial score (nSPS) is 13.2. The molecule has 1 N–H and O–H groups in total. The Kier molecular flexibility index (Phi) is 5.81. The highest BCUT2D eigenvalue weighted by Gasteiger charge is 2.27. The van der Waals surface area contributed by atoms with Gasteiger partial charge in [-0.25, -0.2) is 4.79 Å². The first-order chi connectivity index (χ1) is 12.0. The van der Waals surface area contributed by atoms with Crippen molar-refractivity contribution in [3.05, 3.63) is 49.3 Å². The minimum absolute atomic E-state index is 0.300. The van der Waals surface area contributed by atoms with E-state index in [2.05, 4.69) is 21.2 Å². The van der Waals surface area contributed by atoms with Gasteiger partial charge in [-0.15, -0.1) is 11.3 Å². The Morgan fingerprint density at radius 2 is 2.08 bits per heavy atom. The fourth-order valence-corrected chi connectivity index (χ4v) is 4.75. The van der Waals surface area contributed by atoms with E-state index in [0.29, 0.717) is 27.8 Å². The monoisotopic (exact) mass is 441 g/mol. The van der Waals surface area contributed by atoms with Crippen LogP contribution in [0.4, 0.5) is 5.00 Å². The number of carbonyl (C=O) groups is 2. The molecule has 3 rings (SSSR count). The number of carbonyl (C=O) groups excluding carboxylic acids is 2. The zero-order valence-electron chi connectivity index (χ0n) is 13.7. The van der Waals surface area contributed by atoms with E-state index >= 15 is 0 Å². The molecule has 0 atom stereocenters. The van der Waals surface area contributed by atoms with Crippen LogP contribution in [-0.2, 0) is 17.6 Å². The summed E-state index contributed by atoms with van der Waals surface area (Å²) in [5.74, 6) is -0.715. The molecule has 1 aromatic heterocycles. The van der Waals surface area contributed by atoms with E-state index in [-0.39, 0.29) is 11.9 Å². The van der Waals surface area contributed by atoms with Crippen LogP contribution in [0.1, 0.15) is 50.9 Å². The number of esters is 1. The molecular weight excluding hydrogens is 426 g/mol. The first-order valence-electron chi connectivity index (χ1n) is 8.09. The van der Waals surface area contributed by atoms with Gasteiger partial charge >= 0.3 is 5.97 Å². The molecule has 0 aliphatic heterocycles. The van der Waals surface area contributed by atoms with Gasteiger partial charge in [0.25, 0.3) is 5.91 Å². The predicted octanol–water partition coefficient (Wildman–Crippen LogP) is 5.47. The van der Waals surface area contributed by atoms with Crippen molar-refractivity contribution in [1.29, 1.82) is 0 Å². The number of amides is 1. The molecule has 25 heavy (non-hydrogen) atoms. The first-order valence-corrected chi connectivity index (χ1v) is 10.1. The molecule has 1 aliphatic carbocycles. The summed E-state index contributed by atoms with van der Waals surface area (Å²) in [6.07, 6.45) is 3.91. The number of anilines is 1. The molecule has 132 valence electrons. The van der Waals surface area contributed by atoms with Gasteiger partial charge in [-0.1, -0.05) is 27.5 Å². The summed E-state index contributed by atoms with van der Waals surface area (Å²) >= 11 is 10.9. The zero-order chi connectivity index (χ0) is 18.0. The zero-order valence-corrected chi connectivity index (χ0v) is 16.8. The Labute approximate surface area is 163 Å². The van der Waals surface area contributed by atoms with E-state index in [4.69, 9.17) is 16.3 Å². The molecule has 1 aliphatic rings. The highest BCUT2D eigenvalue weighted by molar-refractivity contribution is 9.10. The van der Waals surface area contributed by atoms with Crippen LogP contribution >= 0.6 is 38.9 Å². The average molecular weight is 443 g/mol. The molecule has 0 radical (unpaired) electrons. The molecular formula is C18H17BrClNO3S. The van der Waals surface area contributed by atoms with Gasteiger partial charge in [-0.3, -0.25) is 4.79 Å². The molecule has 0 spiro atoms. The van der Waals surface area contributed by atoms with Crippen LogP contribution < -0.4 is 5.32 Å². The fraction of sp³-hybridized carbons (Fsp3) is 0.333. The minimum atomic E-state index is -0.377. The maximum absolute atomic E-state index is 12.7. The van der Waals surface area contributed by atoms with Crippen molar-refractivity contribution in [3.8, 4) is 0 Å². The molecule has 1 heterocycles. The van der Waals surface area contributed by atoms with Crippen molar-refractivity contribution < 1.29 is 14.3 Å². The predicted molar refractivity (Wildman–Crippen MR) is 104 cm³/mol. The van der Waals surface area contributed by atoms with Crippen molar-refractivity contribution in [1.82, 2.24) is 0 Å². The van der Waals surface area contributed by atoms with E-state index in [1.54, 1.807) is 25.1 Å². The van der Waals surface area contributed by atoms with Gasteiger partial charge in [0.1, 0.15) is 5.00 Å². The lowest BCUT2D eigenvalue weighted by atomic mass is 9.95.